The molecule has 7 heteroatoms. The molecular weight excluding hydrogens is 444 g/mol. The van der Waals surface area contributed by atoms with E-state index in [1.807, 2.05) is 56.3 Å². The molecule has 35 heavy (non-hydrogen) atoms. The van der Waals surface area contributed by atoms with Crippen LogP contribution >= 0.6 is 0 Å². The van der Waals surface area contributed by atoms with E-state index in [0.29, 0.717) is 48.3 Å². The summed E-state index contributed by atoms with van der Waals surface area (Å²) in [4.78, 5) is 12.6. The van der Waals surface area contributed by atoms with Crippen LogP contribution in [0.25, 0.3) is 6.08 Å². The molecule has 0 fully saturated rings. The Hall–Kier alpha value is -4.44. The van der Waals surface area contributed by atoms with Gasteiger partial charge < -0.3 is 24.3 Å². The van der Waals surface area contributed by atoms with Crippen LogP contribution in [0, 0.1) is 18.3 Å². The largest absolute Gasteiger partial charge is 0.497 e. The van der Waals surface area contributed by atoms with Crippen LogP contribution in [0.1, 0.15) is 18.1 Å². The Balaban J connectivity index is 1.66. The van der Waals surface area contributed by atoms with Crippen molar-refractivity contribution < 1.29 is 23.7 Å². The van der Waals surface area contributed by atoms with Crippen LogP contribution < -0.4 is 24.3 Å². The highest BCUT2D eigenvalue weighted by atomic mass is 16.5. The lowest BCUT2D eigenvalue weighted by Gasteiger charge is -2.13. The molecule has 0 aliphatic rings. The Morgan fingerprint density at radius 3 is 2.46 bits per heavy atom. The first-order chi connectivity index (χ1) is 17.0. The van der Waals surface area contributed by atoms with Gasteiger partial charge in [-0.25, -0.2) is 0 Å². The number of rotatable bonds is 11. The molecule has 0 saturated heterocycles. The molecule has 0 unspecified atom stereocenters. The Kier molecular flexibility index (Phi) is 9.14. The van der Waals surface area contributed by atoms with E-state index in [0.717, 1.165) is 11.3 Å². The normalized spacial score (nSPS) is 10.7. The smallest absolute Gasteiger partial charge is 0.266 e. The molecule has 180 valence electrons. The molecular formula is C28H28N2O5. The lowest BCUT2D eigenvalue weighted by Crippen LogP contribution is -2.14. The average Bonchev–Trinajstić information content (AvgIpc) is 2.87. The lowest BCUT2D eigenvalue weighted by molar-refractivity contribution is -0.112. The first kappa shape index (κ1) is 25.2. The van der Waals surface area contributed by atoms with Crippen molar-refractivity contribution in [2.45, 2.75) is 13.8 Å². The van der Waals surface area contributed by atoms with Gasteiger partial charge in [-0.1, -0.05) is 30.3 Å². The van der Waals surface area contributed by atoms with E-state index in [1.54, 1.807) is 37.4 Å². The molecule has 1 N–H and O–H groups in total. The third-order valence-electron chi connectivity index (χ3n) is 4.99. The van der Waals surface area contributed by atoms with E-state index >= 15 is 0 Å². The fourth-order valence-electron chi connectivity index (χ4n) is 3.22. The second-order valence-electron chi connectivity index (χ2n) is 7.45. The van der Waals surface area contributed by atoms with Crippen molar-refractivity contribution in [1.29, 1.82) is 5.26 Å². The summed E-state index contributed by atoms with van der Waals surface area (Å²) < 4.78 is 22.5. The highest BCUT2D eigenvalue weighted by Crippen LogP contribution is 2.30. The van der Waals surface area contributed by atoms with Crippen LogP contribution in [0.3, 0.4) is 0 Å². The van der Waals surface area contributed by atoms with E-state index in [1.165, 1.54) is 6.08 Å². The van der Waals surface area contributed by atoms with E-state index < -0.39 is 5.91 Å². The topological polar surface area (TPSA) is 89.8 Å². The summed E-state index contributed by atoms with van der Waals surface area (Å²) in [6, 6.07) is 22.0. The number of nitrogens with one attached hydrogen (secondary N) is 1. The number of methoxy groups -OCH3 is 1. The van der Waals surface area contributed by atoms with Gasteiger partial charge in [-0.15, -0.1) is 0 Å². The first-order valence-corrected chi connectivity index (χ1v) is 11.2. The van der Waals surface area contributed by atoms with Crippen LogP contribution in [-0.4, -0.2) is 32.8 Å². The summed E-state index contributed by atoms with van der Waals surface area (Å²) in [5.74, 6) is 1.98. The van der Waals surface area contributed by atoms with Crippen LogP contribution in [0.5, 0.6) is 23.0 Å². The highest BCUT2D eigenvalue weighted by Gasteiger charge is 2.12. The van der Waals surface area contributed by atoms with Gasteiger partial charge in [0.15, 0.2) is 11.5 Å². The van der Waals surface area contributed by atoms with Crippen molar-refractivity contribution in [2.24, 2.45) is 0 Å². The quantitative estimate of drug-likeness (QED) is 0.228. The molecule has 0 heterocycles. The number of aryl methyl sites for hydroxylation is 1. The number of ether oxygens (including phenoxy) is 4. The Morgan fingerprint density at radius 1 is 0.943 bits per heavy atom. The first-order valence-electron chi connectivity index (χ1n) is 11.2. The summed E-state index contributed by atoms with van der Waals surface area (Å²) in [6.07, 6.45) is 1.52. The summed E-state index contributed by atoms with van der Waals surface area (Å²) >= 11 is 0. The zero-order chi connectivity index (χ0) is 25.0. The maximum absolute atomic E-state index is 12.6. The summed E-state index contributed by atoms with van der Waals surface area (Å²) in [5, 5.41) is 12.3. The molecule has 3 aromatic carbocycles. The molecule has 0 aliphatic carbocycles. The number of nitriles is 1. The minimum Gasteiger partial charge on any atom is -0.497 e. The van der Waals surface area contributed by atoms with E-state index in [4.69, 9.17) is 18.9 Å². The molecule has 7 nitrogen and oxygen atoms in total. The van der Waals surface area contributed by atoms with Crippen molar-refractivity contribution in [3.8, 4) is 29.1 Å². The summed E-state index contributed by atoms with van der Waals surface area (Å²) in [5.41, 5.74) is 2.20. The van der Waals surface area contributed by atoms with Crippen LogP contribution in [0.15, 0.2) is 72.3 Å². The average molecular weight is 473 g/mol. The van der Waals surface area contributed by atoms with Gasteiger partial charge in [0.1, 0.15) is 36.4 Å². The van der Waals surface area contributed by atoms with E-state index in [-0.39, 0.29) is 5.57 Å². The predicted octanol–water partition coefficient (Wildman–Crippen LogP) is 5.41. The van der Waals surface area contributed by atoms with Crippen molar-refractivity contribution in [3.05, 3.63) is 83.4 Å². The summed E-state index contributed by atoms with van der Waals surface area (Å²) in [7, 11) is 1.60. The number of para-hydroxylation sites is 1. The third-order valence-corrected chi connectivity index (χ3v) is 4.99. The standard InChI is InChI=1S/C28H28N2O5/c1-4-33-27-17-21(16-22(19-29)28(31)30-25-11-6-5-8-20(25)2)12-13-26(27)35-15-14-34-24-10-7-9-23(18-24)32-3/h5-13,16-18H,4,14-15H2,1-3H3,(H,30,31)/b22-16+. The number of hydrogen-bond acceptors (Lipinski definition) is 6. The van der Waals surface area contributed by atoms with Gasteiger partial charge in [0.2, 0.25) is 0 Å². The Morgan fingerprint density at radius 2 is 1.71 bits per heavy atom. The van der Waals surface area contributed by atoms with Crippen molar-refractivity contribution in [1.82, 2.24) is 0 Å². The third kappa shape index (κ3) is 7.27. The predicted molar refractivity (Wildman–Crippen MR) is 135 cm³/mol. The Bertz CT molecular complexity index is 1230. The van der Waals surface area contributed by atoms with E-state index in [9.17, 15) is 10.1 Å². The highest BCUT2D eigenvalue weighted by molar-refractivity contribution is 6.10. The molecule has 3 aromatic rings. The van der Waals surface area contributed by atoms with Crippen molar-refractivity contribution in [2.75, 3.05) is 32.2 Å². The fraction of sp³-hybridized carbons (Fsp3) is 0.214. The zero-order valence-corrected chi connectivity index (χ0v) is 20.0. The minimum absolute atomic E-state index is 0.0175. The van der Waals surface area contributed by atoms with Gasteiger partial charge >= 0.3 is 0 Å². The lowest BCUT2D eigenvalue weighted by atomic mass is 10.1. The fourth-order valence-corrected chi connectivity index (χ4v) is 3.22. The molecule has 0 aromatic heterocycles. The monoisotopic (exact) mass is 472 g/mol. The molecule has 0 spiro atoms. The van der Waals surface area contributed by atoms with Gasteiger partial charge in [0.05, 0.1) is 13.7 Å². The molecule has 0 atom stereocenters. The van der Waals surface area contributed by atoms with Gasteiger partial charge in [-0.3, -0.25) is 4.79 Å². The number of hydrogen-bond donors (Lipinski definition) is 1. The maximum Gasteiger partial charge on any atom is 0.266 e. The zero-order valence-electron chi connectivity index (χ0n) is 20.0. The van der Waals surface area contributed by atoms with Crippen molar-refractivity contribution >= 4 is 17.7 Å². The van der Waals surface area contributed by atoms with Gasteiger partial charge in [-0.2, -0.15) is 5.26 Å². The van der Waals surface area contributed by atoms with E-state index in [2.05, 4.69) is 5.32 Å². The van der Waals surface area contributed by atoms with Gasteiger partial charge in [0, 0.05) is 11.8 Å². The molecule has 0 bridgehead atoms. The van der Waals surface area contributed by atoms with Crippen LogP contribution in [0.2, 0.25) is 0 Å². The van der Waals surface area contributed by atoms with Crippen molar-refractivity contribution in [3.63, 3.8) is 0 Å². The number of amides is 1. The number of carbonyl (C=O) groups excluding carboxylic acids is 1. The van der Waals surface area contributed by atoms with Gasteiger partial charge in [-0.05, 0) is 61.4 Å². The summed E-state index contributed by atoms with van der Waals surface area (Å²) in [6.45, 7) is 4.82. The molecule has 0 saturated carbocycles. The number of nitrogens with zero attached hydrogens (tertiary/aromatic N) is 1. The second kappa shape index (κ2) is 12.7. The van der Waals surface area contributed by atoms with Crippen LogP contribution in [-0.2, 0) is 4.79 Å². The maximum atomic E-state index is 12.6. The number of anilines is 1. The molecule has 3 rings (SSSR count). The molecule has 0 aliphatic heterocycles. The minimum atomic E-state index is -0.477. The molecule has 1 amide bonds. The number of benzene rings is 3. The SMILES string of the molecule is CCOc1cc(/C=C(\C#N)C(=O)Nc2ccccc2C)ccc1OCCOc1cccc(OC)c1. The van der Waals surface area contributed by atoms with Crippen LogP contribution in [0.4, 0.5) is 5.69 Å². The number of carbonyl (C=O) groups is 1. The second-order valence-corrected chi connectivity index (χ2v) is 7.45. The molecule has 0 radical (unpaired) electrons. The Labute approximate surface area is 205 Å². The van der Waals surface area contributed by atoms with Gasteiger partial charge in [0.25, 0.3) is 5.91 Å².